The van der Waals surface area contributed by atoms with Crippen molar-refractivity contribution >= 4 is 32.8 Å². The minimum Gasteiger partial charge on any atom is -0.455 e. The Morgan fingerprint density at radius 2 is 2.12 bits per heavy atom. The fraction of sp³-hybridized carbons (Fsp3) is 0.333. The van der Waals surface area contributed by atoms with Gasteiger partial charge in [0.05, 0.1) is 9.99 Å². The first-order valence-corrected chi connectivity index (χ1v) is 6.02. The number of carbonyl (C=O) groups excluding carboxylic acids is 1. The van der Waals surface area contributed by atoms with E-state index in [9.17, 15) is 4.79 Å². The summed E-state index contributed by atoms with van der Waals surface area (Å²) in [4.78, 5) is 18.9. The molecule has 90 valence electrons. The Morgan fingerprint density at radius 3 is 2.71 bits per heavy atom. The van der Waals surface area contributed by atoms with E-state index in [1.807, 2.05) is 20.8 Å². The Labute approximate surface area is 108 Å². The highest BCUT2D eigenvalue weighted by Gasteiger charge is 2.19. The number of halogens is 1. The molecule has 2 rings (SSSR count). The van der Waals surface area contributed by atoms with Gasteiger partial charge in [0.1, 0.15) is 11.3 Å². The Hall–Kier alpha value is -1.36. The fourth-order valence-corrected chi connectivity index (χ4v) is 1.91. The summed E-state index contributed by atoms with van der Waals surface area (Å²) in [7, 11) is 0. The monoisotopic (exact) mass is 296 g/mol. The number of hydrogen-bond acceptors (Lipinski definition) is 3. The molecule has 2 aromatic heterocycles. The molecule has 4 nitrogen and oxygen atoms in total. The maximum atomic E-state index is 11.9. The Morgan fingerprint density at radius 1 is 1.41 bits per heavy atom. The molecule has 2 aromatic rings. The van der Waals surface area contributed by atoms with Crippen LogP contribution in [0, 0.1) is 0 Å². The second-order valence-corrected chi connectivity index (χ2v) is 5.62. The summed E-state index contributed by atoms with van der Waals surface area (Å²) in [5, 5.41) is 0.875. The number of nitrogens with zero attached hydrogens (tertiary/aromatic N) is 1. The lowest BCUT2D eigenvalue weighted by molar-refractivity contribution is 0.00639. The molecule has 0 aliphatic rings. The molecule has 0 saturated carbocycles. The maximum absolute atomic E-state index is 11.9. The topological polar surface area (TPSA) is 55.0 Å². The van der Waals surface area contributed by atoms with Crippen LogP contribution in [0.1, 0.15) is 31.3 Å². The van der Waals surface area contributed by atoms with Crippen LogP contribution in [-0.2, 0) is 4.74 Å². The van der Waals surface area contributed by atoms with E-state index in [2.05, 4.69) is 25.9 Å². The van der Waals surface area contributed by atoms with Crippen molar-refractivity contribution in [1.29, 1.82) is 0 Å². The third-order valence-corrected chi connectivity index (χ3v) is 2.71. The summed E-state index contributed by atoms with van der Waals surface area (Å²) in [6, 6.07) is 1.74. The summed E-state index contributed by atoms with van der Waals surface area (Å²) in [5.41, 5.74) is 0.786. The molecule has 17 heavy (non-hydrogen) atoms. The molecule has 0 aromatic carbocycles. The van der Waals surface area contributed by atoms with Crippen LogP contribution in [0.3, 0.4) is 0 Å². The number of ether oxygens (including phenoxy) is 1. The highest BCUT2D eigenvalue weighted by molar-refractivity contribution is 9.10. The molecule has 2 heterocycles. The van der Waals surface area contributed by atoms with E-state index >= 15 is 0 Å². The van der Waals surface area contributed by atoms with Crippen molar-refractivity contribution in [2.24, 2.45) is 0 Å². The van der Waals surface area contributed by atoms with Crippen molar-refractivity contribution < 1.29 is 9.53 Å². The molecular formula is C12H13BrN2O2. The van der Waals surface area contributed by atoms with Gasteiger partial charge in [0.2, 0.25) is 0 Å². The predicted molar refractivity (Wildman–Crippen MR) is 69.0 cm³/mol. The Balaban J connectivity index is 2.37. The lowest BCUT2D eigenvalue weighted by atomic mass is 10.2. The quantitative estimate of drug-likeness (QED) is 0.822. The van der Waals surface area contributed by atoms with Gasteiger partial charge in [0, 0.05) is 17.8 Å². The Bertz CT molecular complexity index is 569. The zero-order valence-electron chi connectivity index (χ0n) is 9.87. The average molecular weight is 297 g/mol. The van der Waals surface area contributed by atoms with Crippen LogP contribution < -0.4 is 0 Å². The lowest BCUT2D eigenvalue weighted by Gasteiger charge is -2.18. The highest BCUT2D eigenvalue weighted by atomic mass is 79.9. The molecule has 0 unspecified atom stereocenters. The normalized spacial score (nSPS) is 11.8. The van der Waals surface area contributed by atoms with Gasteiger partial charge in [-0.15, -0.1) is 0 Å². The molecule has 0 atom stereocenters. The van der Waals surface area contributed by atoms with Crippen LogP contribution in [0.15, 0.2) is 22.9 Å². The highest BCUT2D eigenvalue weighted by Crippen LogP contribution is 2.23. The minimum absolute atomic E-state index is 0.361. The maximum Gasteiger partial charge on any atom is 0.355 e. The van der Waals surface area contributed by atoms with E-state index < -0.39 is 5.60 Å². The summed E-state index contributed by atoms with van der Waals surface area (Å²) >= 11 is 3.37. The number of rotatable bonds is 1. The van der Waals surface area contributed by atoms with Gasteiger partial charge in [-0.3, -0.25) is 4.98 Å². The molecule has 0 radical (unpaired) electrons. The van der Waals surface area contributed by atoms with Crippen molar-refractivity contribution in [2.75, 3.05) is 0 Å². The third kappa shape index (κ3) is 2.66. The summed E-state index contributed by atoms with van der Waals surface area (Å²) in [6.45, 7) is 5.51. The first-order valence-electron chi connectivity index (χ1n) is 5.22. The van der Waals surface area contributed by atoms with Crippen LogP contribution in [0.2, 0.25) is 0 Å². The van der Waals surface area contributed by atoms with Crippen molar-refractivity contribution in [3.63, 3.8) is 0 Å². The molecule has 0 saturated heterocycles. The Kier molecular flexibility index (Phi) is 2.95. The molecule has 0 fully saturated rings. The zero-order valence-corrected chi connectivity index (χ0v) is 11.5. The van der Waals surface area contributed by atoms with Gasteiger partial charge in [0.15, 0.2) is 0 Å². The standard InChI is InChI=1S/C12H13BrN2O2/c1-12(2,3)17-11(16)9-4-7-5-14-6-8(13)10(7)15-9/h4-6,15H,1-3H3. The van der Waals surface area contributed by atoms with Gasteiger partial charge in [0.25, 0.3) is 0 Å². The van der Waals surface area contributed by atoms with Crippen molar-refractivity contribution in [1.82, 2.24) is 9.97 Å². The second kappa shape index (κ2) is 4.14. The first kappa shape index (κ1) is 12.1. The number of aromatic nitrogens is 2. The van der Waals surface area contributed by atoms with Gasteiger partial charge in [-0.25, -0.2) is 4.79 Å². The average Bonchev–Trinajstić information content (AvgIpc) is 2.60. The second-order valence-electron chi connectivity index (χ2n) is 4.77. The van der Waals surface area contributed by atoms with Gasteiger partial charge in [-0.2, -0.15) is 0 Å². The lowest BCUT2D eigenvalue weighted by Crippen LogP contribution is -2.24. The SMILES string of the molecule is CC(C)(C)OC(=O)c1cc2cncc(Br)c2[nH]1. The van der Waals surface area contributed by atoms with E-state index in [1.54, 1.807) is 18.5 Å². The van der Waals surface area contributed by atoms with Crippen molar-refractivity contribution in [3.8, 4) is 0 Å². The van der Waals surface area contributed by atoms with Crippen LogP contribution in [-0.4, -0.2) is 21.5 Å². The van der Waals surface area contributed by atoms with Crippen LogP contribution >= 0.6 is 15.9 Å². The number of pyridine rings is 1. The first-order chi connectivity index (χ1) is 7.87. The van der Waals surface area contributed by atoms with Crippen LogP contribution in [0.5, 0.6) is 0 Å². The zero-order chi connectivity index (χ0) is 12.6. The number of carbonyl (C=O) groups is 1. The molecule has 1 N–H and O–H groups in total. The summed E-state index contributed by atoms with van der Waals surface area (Å²) < 4.78 is 6.11. The molecule has 0 aliphatic heterocycles. The number of aromatic amines is 1. The number of H-pyrrole nitrogens is 1. The molecule has 5 heteroatoms. The van der Waals surface area contributed by atoms with Crippen LogP contribution in [0.4, 0.5) is 0 Å². The summed E-state index contributed by atoms with van der Waals surface area (Å²) in [6.07, 6.45) is 3.38. The number of nitrogens with one attached hydrogen (secondary N) is 1. The minimum atomic E-state index is -0.496. The van der Waals surface area contributed by atoms with Gasteiger partial charge in [-0.05, 0) is 42.8 Å². The number of esters is 1. The predicted octanol–water partition coefficient (Wildman–Crippen LogP) is 3.28. The third-order valence-electron chi connectivity index (χ3n) is 2.11. The van der Waals surface area contributed by atoms with Crippen molar-refractivity contribution in [3.05, 3.63) is 28.6 Å². The molecule has 0 amide bonds. The van der Waals surface area contributed by atoms with Gasteiger partial charge >= 0.3 is 5.97 Å². The van der Waals surface area contributed by atoms with E-state index in [0.29, 0.717) is 5.69 Å². The molecule has 0 aliphatic carbocycles. The molecule has 0 bridgehead atoms. The van der Waals surface area contributed by atoms with E-state index in [0.717, 1.165) is 15.4 Å². The van der Waals surface area contributed by atoms with Crippen LogP contribution in [0.25, 0.3) is 10.9 Å². The molecular weight excluding hydrogens is 284 g/mol. The number of hydrogen-bond donors (Lipinski definition) is 1. The van der Waals surface area contributed by atoms with E-state index in [4.69, 9.17) is 4.74 Å². The van der Waals surface area contributed by atoms with Gasteiger partial charge in [-0.1, -0.05) is 0 Å². The van der Waals surface area contributed by atoms with Crippen molar-refractivity contribution in [2.45, 2.75) is 26.4 Å². The number of fused-ring (bicyclic) bond motifs is 1. The largest absolute Gasteiger partial charge is 0.455 e. The molecule has 0 spiro atoms. The summed E-state index contributed by atoms with van der Waals surface area (Å²) in [5.74, 6) is -0.361. The van der Waals surface area contributed by atoms with Gasteiger partial charge < -0.3 is 9.72 Å². The van der Waals surface area contributed by atoms with E-state index in [1.165, 1.54) is 0 Å². The van der Waals surface area contributed by atoms with E-state index in [-0.39, 0.29) is 5.97 Å². The fourth-order valence-electron chi connectivity index (χ4n) is 1.46. The smallest absolute Gasteiger partial charge is 0.355 e.